The summed E-state index contributed by atoms with van der Waals surface area (Å²) in [6.07, 6.45) is 1.46. The van der Waals surface area contributed by atoms with Crippen LogP contribution in [0.4, 0.5) is 5.82 Å². The molecule has 2 aromatic rings. The number of anilines is 1. The van der Waals surface area contributed by atoms with Crippen LogP contribution in [-0.2, 0) is 0 Å². The minimum Gasteiger partial charge on any atom is -0.504 e. The first-order valence-corrected chi connectivity index (χ1v) is 4.45. The highest BCUT2D eigenvalue weighted by molar-refractivity contribution is 5.91. The third-order valence-corrected chi connectivity index (χ3v) is 2.17. The van der Waals surface area contributed by atoms with Crippen LogP contribution in [-0.4, -0.2) is 29.2 Å². The third-order valence-electron chi connectivity index (χ3n) is 2.17. The summed E-state index contributed by atoms with van der Waals surface area (Å²) in [5.41, 5.74) is 0.726. The maximum Gasteiger partial charge on any atom is 0.162 e. The number of fused-ring (bicyclic) bond motifs is 1. The van der Waals surface area contributed by atoms with Crippen LogP contribution in [0.15, 0.2) is 18.5 Å². The van der Waals surface area contributed by atoms with E-state index >= 15 is 0 Å². The molecule has 0 spiro atoms. The molecule has 5 nitrogen and oxygen atoms in total. The van der Waals surface area contributed by atoms with Gasteiger partial charge in [0.05, 0.1) is 12.6 Å². The Labute approximate surface area is 86.7 Å². The first kappa shape index (κ1) is 9.51. The van der Waals surface area contributed by atoms with E-state index in [1.54, 1.807) is 19.2 Å². The van der Waals surface area contributed by atoms with E-state index in [9.17, 15) is 5.11 Å². The summed E-state index contributed by atoms with van der Waals surface area (Å²) < 4.78 is 5.00. The van der Waals surface area contributed by atoms with Gasteiger partial charge in [-0.3, -0.25) is 0 Å². The quantitative estimate of drug-likeness (QED) is 0.775. The highest BCUT2D eigenvalue weighted by Crippen LogP contribution is 2.32. The fourth-order valence-corrected chi connectivity index (χ4v) is 1.44. The van der Waals surface area contributed by atoms with Crippen LogP contribution in [0.25, 0.3) is 10.9 Å². The van der Waals surface area contributed by atoms with Gasteiger partial charge < -0.3 is 15.2 Å². The second kappa shape index (κ2) is 3.61. The van der Waals surface area contributed by atoms with E-state index in [0.717, 1.165) is 10.9 Å². The predicted molar refractivity (Wildman–Crippen MR) is 57.3 cm³/mol. The molecule has 0 aliphatic heterocycles. The van der Waals surface area contributed by atoms with Crippen molar-refractivity contribution in [3.63, 3.8) is 0 Å². The molecule has 0 saturated heterocycles. The summed E-state index contributed by atoms with van der Waals surface area (Å²) in [5.74, 6) is 1.16. The van der Waals surface area contributed by atoms with Gasteiger partial charge in [-0.05, 0) is 6.07 Å². The fourth-order valence-electron chi connectivity index (χ4n) is 1.44. The Balaban J connectivity index is 2.74. The molecule has 2 rings (SSSR count). The largest absolute Gasteiger partial charge is 0.504 e. The van der Waals surface area contributed by atoms with Crippen molar-refractivity contribution in [2.45, 2.75) is 0 Å². The van der Waals surface area contributed by atoms with Gasteiger partial charge in [0.25, 0.3) is 0 Å². The number of nitrogens with zero attached hydrogens (tertiary/aromatic N) is 2. The smallest absolute Gasteiger partial charge is 0.162 e. The molecule has 0 aliphatic carbocycles. The van der Waals surface area contributed by atoms with E-state index in [-0.39, 0.29) is 5.75 Å². The Morgan fingerprint density at radius 1 is 1.33 bits per heavy atom. The second-order valence-electron chi connectivity index (χ2n) is 3.01. The molecule has 0 radical (unpaired) electrons. The monoisotopic (exact) mass is 205 g/mol. The zero-order chi connectivity index (χ0) is 10.8. The number of nitrogens with one attached hydrogen (secondary N) is 1. The van der Waals surface area contributed by atoms with Crippen molar-refractivity contribution in [2.75, 3.05) is 19.5 Å². The SMILES string of the molecule is CNc1ncnc2cc(OC)c(O)cc12. The Morgan fingerprint density at radius 2 is 2.13 bits per heavy atom. The van der Waals surface area contributed by atoms with Gasteiger partial charge in [0, 0.05) is 18.5 Å². The number of phenols is 1. The van der Waals surface area contributed by atoms with Gasteiger partial charge in [0.15, 0.2) is 11.5 Å². The number of rotatable bonds is 2. The maximum absolute atomic E-state index is 9.62. The lowest BCUT2D eigenvalue weighted by atomic mass is 10.2. The molecule has 0 amide bonds. The van der Waals surface area contributed by atoms with Crippen molar-refractivity contribution >= 4 is 16.7 Å². The van der Waals surface area contributed by atoms with Crippen molar-refractivity contribution in [3.05, 3.63) is 18.5 Å². The molecule has 1 aromatic heterocycles. The minimum atomic E-state index is 0.0799. The van der Waals surface area contributed by atoms with Gasteiger partial charge >= 0.3 is 0 Å². The van der Waals surface area contributed by atoms with Crippen LogP contribution in [0, 0.1) is 0 Å². The Hall–Kier alpha value is -2.04. The number of hydrogen-bond acceptors (Lipinski definition) is 5. The summed E-state index contributed by atoms with van der Waals surface area (Å²) in [6, 6.07) is 3.26. The Kier molecular flexibility index (Phi) is 2.29. The van der Waals surface area contributed by atoms with E-state index in [2.05, 4.69) is 15.3 Å². The van der Waals surface area contributed by atoms with Crippen molar-refractivity contribution in [3.8, 4) is 11.5 Å². The highest BCUT2D eigenvalue weighted by atomic mass is 16.5. The summed E-state index contributed by atoms with van der Waals surface area (Å²) >= 11 is 0. The predicted octanol–water partition coefficient (Wildman–Crippen LogP) is 1.39. The molecule has 0 atom stereocenters. The second-order valence-corrected chi connectivity index (χ2v) is 3.01. The summed E-state index contributed by atoms with van der Waals surface area (Å²) in [7, 11) is 3.27. The number of hydrogen-bond donors (Lipinski definition) is 2. The number of aromatic hydroxyl groups is 1. The molecule has 0 aliphatic rings. The van der Waals surface area contributed by atoms with Crippen LogP contribution in [0.3, 0.4) is 0 Å². The Bertz CT molecular complexity index is 499. The van der Waals surface area contributed by atoms with Crippen LogP contribution in [0.2, 0.25) is 0 Å². The zero-order valence-corrected chi connectivity index (χ0v) is 8.48. The van der Waals surface area contributed by atoms with Crippen molar-refractivity contribution < 1.29 is 9.84 Å². The fraction of sp³-hybridized carbons (Fsp3) is 0.200. The maximum atomic E-state index is 9.62. The lowest BCUT2D eigenvalue weighted by Crippen LogP contribution is -1.95. The molecule has 0 bridgehead atoms. The number of ether oxygens (including phenoxy) is 1. The zero-order valence-electron chi connectivity index (χ0n) is 8.48. The van der Waals surface area contributed by atoms with Crippen LogP contribution >= 0.6 is 0 Å². The van der Waals surface area contributed by atoms with Gasteiger partial charge in [-0.2, -0.15) is 0 Å². The first-order chi connectivity index (χ1) is 7.26. The van der Waals surface area contributed by atoms with Gasteiger partial charge in [-0.25, -0.2) is 9.97 Å². The molecule has 0 fully saturated rings. The van der Waals surface area contributed by atoms with E-state index in [1.165, 1.54) is 13.4 Å². The third kappa shape index (κ3) is 1.52. The Morgan fingerprint density at radius 3 is 2.80 bits per heavy atom. The average molecular weight is 205 g/mol. The number of benzene rings is 1. The molecule has 2 N–H and O–H groups in total. The lowest BCUT2D eigenvalue weighted by Gasteiger charge is -2.07. The normalized spacial score (nSPS) is 10.3. The molecular formula is C10H11N3O2. The van der Waals surface area contributed by atoms with E-state index in [1.807, 2.05) is 0 Å². The first-order valence-electron chi connectivity index (χ1n) is 4.45. The van der Waals surface area contributed by atoms with Gasteiger partial charge in [0.2, 0.25) is 0 Å². The molecule has 15 heavy (non-hydrogen) atoms. The lowest BCUT2D eigenvalue weighted by molar-refractivity contribution is 0.374. The van der Waals surface area contributed by atoms with Gasteiger partial charge in [0.1, 0.15) is 12.1 Å². The summed E-state index contributed by atoms with van der Waals surface area (Å²) in [6.45, 7) is 0. The van der Waals surface area contributed by atoms with Crippen molar-refractivity contribution in [1.82, 2.24) is 9.97 Å². The van der Waals surface area contributed by atoms with Crippen molar-refractivity contribution in [1.29, 1.82) is 0 Å². The van der Waals surface area contributed by atoms with Crippen LogP contribution in [0.1, 0.15) is 0 Å². The number of phenolic OH excluding ortho intramolecular Hbond substituents is 1. The van der Waals surface area contributed by atoms with E-state index in [4.69, 9.17) is 4.74 Å². The van der Waals surface area contributed by atoms with Crippen LogP contribution < -0.4 is 10.1 Å². The van der Waals surface area contributed by atoms with E-state index < -0.39 is 0 Å². The summed E-state index contributed by atoms with van der Waals surface area (Å²) in [4.78, 5) is 8.15. The standard InChI is InChI=1S/C10H11N3O2/c1-11-10-6-3-8(14)9(15-2)4-7(6)12-5-13-10/h3-5,14H,1-2H3,(H,11,12,13). The topological polar surface area (TPSA) is 67.3 Å². The molecule has 78 valence electrons. The molecular weight excluding hydrogens is 194 g/mol. The minimum absolute atomic E-state index is 0.0799. The molecule has 1 heterocycles. The molecule has 0 unspecified atom stereocenters. The summed E-state index contributed by atoms with van der Waals surface area (Å²) in [5, 5.41) is 13.3. The van der Waals surface area contributed by atoms with Crippen molar-refractivity contribution in [2.24, 2.45) is 0 Å². The van der Waals surface area contributed by atoms with E-state index in [0.29, 0.717) is 11.6 Å². The molecule has 0 saturated carbocycles. The van der Waals surface area contributed by atoms with Crippen LogP contribution in [0.5, 0.6) is 11.5 Å². The average Bonchev–Trinajstić information content (AvgIpc) is 2.27. The number of methoxy groups -OCH3 is 1. The molecule has 1 aromatic carbocycles. The highest BCUT2D eigenvalue weighted by Gasteiger charge is 2.08. The number of aromatic nitrogens is 2. The van der Waals surface area contributed by atoms with Gasteiger partial charge in [-0.15, -0.1) is 0 Å². The van der Waals surface area contributed by atoms with Gasteiger partial charge in [-0.1, -0.05) is 0 Å². The molecule has 5 heteroatoms.